The maximum Gasteiger partial charge on any atom is 0.254 e. The van der Waals surface area contributed by atoms with E-state index >= 15 is 0 Å². The average molecular weight is 351 g/mol. The minimum absolute atomic E-state index is 0.158. The number of nitriles is 1. The molecule has 0 unspecified atom stereocenters. The summed E-state index contributed by atoms with van der Waals surface area (Å²) in [6, 6.07) is 10.6. The van der Waals surface area contributed by atoms with Crippen molar-refractivity contribution in [2.24, 2.45) is 0 Å². The van der Waals surface area contributed by atoms with Gasteiger partial charge in [0, 0.05) is 17.2 Å². The first-order valence-electron chi connectivity index (χ1n) is 5.68. The minimum Gasteiger partial charge on any atom is -0.348 e. The van der Waals surface area contributed by atoms with E-state index in [9.17, 15) is 4.79 Å². The van der Waals surface area contributed by atoms with Gasteiger partial charge in [0.05, 0.1) is 17.2 Å². The second kappa shape index (κ2) is 6.51. The molecule has 0 saturated carbocycles. The van der Waals surface area contributed by atoms with Crippen LogP contribution in [-0.2, 0) is 6.54 Å². The number of aromatic nitrogens is 1. The van der Waals surface area contributed by atoms with Crippen molar-refractivity contribution in [3.63, 3.8) is 0 Å². The maximum atomic E-state index is 12.0. The Morgan fingerprint density at radius 1 is 1.40 bits per heavy atom. The Morgan fingerprint density at radius 2 is 2.10 bits per heavy atom. The number of rotatable bonds is 3. The van der Waals surface area contributed by atoms with Crippen LogP contribution in [0.25, 0.3) is 0 Å². The van der Waals surface area contributed by atoms with Crippen LogP contribution in [0.2, 0.25) is 5.15 Å². The third kappa shape index (κ3) is 3.56. The van der Waals surface area contributed by atoms with E-state index in [4.69, 9.17) is 16.9 Å². The molecule has 1 aromatic heterocycles. The zero-order chi connectivity index (χ0) is 14.5. The third-order valence-electron chi connectivity index (χ3n) is 2.59. The lowest BCUT2D eigenvalue weighted by atomic mass is 10.1. The van der Waals surface area contributed by atoms with Gasteiger partial charge in [0.25, 0.3) is 5.91 Å². The molecule has 2 rings (SSSR count). The molecule has 20 heavy (non-hydrogen) atoms. The zero-order valence-electron chi connectivity index (χ0n) is 10.2. The number of nitrogens with zero attached hydrogens (tertiary/aromatic N) is 2. The van der Waals surface area contributed by atoms with Gasteiger partial charge in [-0.15, -0.1) is 0 Å². The van der Waals surface area contributed by atoms with Crippen molar-refractivity contribution in [3.05, 3.63) is 62.8 Å². The number of hydrogen-bond acceptors (Lipinski definition) is 3. The molecular formula is C14H9BrClN3O. The molecule has 0 fully saturated rings. The van der Waals surface area contributed by atoms with Crippen LogP contribution in [0.15, 0.2) is 41.0 Å². The van der Waals surface area contributed by atoms with Crippen LogP contribution < -0.4 is 5.32 Å². The SMILES string of the molecule is N#Cc1ccc(CNC(=O)c2cc(Br)cnc2Cl)cc1. The predicted octanol–water partition coefficient (Wildman–Crippen LogP) is 3.30. The standard InChI is InChI=1S/C14H9BrClN3O/c15-11-5-12(13(16)18-8-11)14(20)19-7-10-3-1-9(6-17)2-4-10/h1-5,8H,7H2,(H,19,20). The first-order chi connectivity index (χ1) is 9.60. The number of benzene rings is 1. The van der Waals surface area contributed by atoms with E-state index < -0.39 is 0 Å². The fourth-order valence-corrected chi connectivity index (χ4v) is 2.08. The number of carbonyl (C=O) groups is 1. The van der Waals surface area contributed by atoms with Gasteiger partial charge in [0.15, 0.2) is 0 Å². The highest BCUT2D eigenvalue weighted by molar-refractivity contribution is 9.10. The molecule has 1 heterocycles. The van der Waals surface area contributed by atoms with Crippen molar-refractivity contribution in [1.82, 2.24) is 10.3 Å². The first-order valence-corrected chi connectivity index (χ1v) is 6.85. The number of carbonyl (C=O) groups excluding carboxylic acids is 1. The zero-order valence-corrected chi connectivity index (χ0v) is 12.6. The monoisotopic (exact) mass is 349 g/mol. The number of pyridine rings is 1. The van der Waals surface area contributed by atoms with Crippen molar-refractivity contribution in [3.8, 4) is 6.07 Å². The molecule has 0 aliphatic heterocycles. The molecule has 0 radical (unpaired) electrons. The third-order valence-corrected chi connectivity index (χ3v) is 3.32. The molecule has 0 aliphatic rings. The molecule has 2 aromatic rings. The molecular weight excluding hydrogens is 342 g/mol. The molecule has 1 amide bonds. The average Bonchev–Trinajstić information content (AvgIpc) is 2.47. The summed E-state index contributed by atoms with van der Waals surface area (Å²) in [7, 11) is 0. The normalized spacial score (nSPS) is 9.85. The van der Waals surface area contributed by atoms with Gasteiger partial charge in [0.2, 0.25) is 0 Å². The molecule has 4 nitrogen and oxygen atoms in total. The lowest BCUT2D eigenvalue weighted by Gasteiger charge is -2.07. The highest BCUT2D eigenvalue weighted by Gasteiger charge is 2.11. The van der Waals surface area contributed by atoms with Gasteiger partial charge >= 0.3 is 0 Å². The van der Waals surface area contributed by atoms with Crippen LogP contribution in [-0.4, -0.2) is 10.9 Å². The van der Waals surface area contributed by atoms with Crippen molar-refractivity contribution < 1.29 is 4.79 Å². The second-order valence-corrected chi connectivity index (χ2v) is 5.26. The van der Waals surface area contributed by atoms with E-state index in [0.717, 1.165) is 5.56 Å². The summed E-state index contributed by atoms with van der Waals surface area (Å²) >= 11 is 9.13. The largest absolute Gasteiger partial charge is 0.348 e. The summed E-state index contributed by atoms with van der Waals surface area (Å²) in [6.07, 6.45) is 1.53. The number of amides is 1. The lowest BCUT2D eigenvalue weighted by molar-refractivity contribution is 0.0950. The van der Waals surface area contributed by atoms with Crippen LogP contribution in [0.4, 0.5) is 0 Å². The van der Waals surface area contributed by atoms with Crippen molar-refractivity contribution in [1.29, 1.82) is 5.26 Å². The van der Waals surface area contributed by atoms with Gasteiger partial charge in [0.1, 0.15) is 5.15 Å². The molecule has 0 spiro atoms. The van der Waals surface area contributed by atoms with Gasteiger partial charge in [-0.2, -0.15) is 5.26 Å². The van der Waals surface area contributed by atoms with Gasteiger partial charge < -0.3 is 5.32 Å². The molecule has 1 aromatic carbocycles. The highest BCUT2D eigenvalue weighted by Crippen LogP contribution is 2.18. The summed E-state index contributed by atoms with van der Waals surface area (Å²) in [4.78, 5) is 15.9. The summed E-state index contributed by atoms with van der Waals surface area (Å²) < 4.78 is 0.686. The van der Waals surface area contributed by atoms with Crippen LogP contribution in [0, 0.1) is 11.3 Å². The summed E-state index contributed by atoms with van der Waals surface area (Å²) in [5, 5.41) is 11.6. The smallest absolute Gasteiger partial charge is 0.254 e. The minimum atomic E-state index is -0.298. The Morgan fingerprint density at radius 3 is 2.75 bits per heavy atom. The Labute approximate surface area is 129 Å². The number of nitrogens with one attached hydrogen (secondary N) is 1. The van der Waals surface area contributed by atoms with Gasteiger partial charge in [-0.3, -0.25) is 4.79 Å². The predicted molar refractivity (Wildman–Crippen MR) is 79.3 cm³/mol. The van der Waals surface area contributed by atoms with Crippen molar-refractivity contribution in [2.75, 3.05) is 0 Å². The van der Waals surface area contributed by atoms with Gasteiger partial charge in [-0.25, -0.2) is 4.98 Å². The fraction of sp³-hybridized carbons (Fsp3) is 0.0714. The van der Waals surface area contributed by atoms with Crippen LogP contribution in [0.3, 0.4) is 0 Å². The van der Waals surface area contributed by atoms with Crippen LogP contribution >= 0.6 is 27.5 Å². The van der Waals surface area contributed by atoms with Crippen molar-refractivity contribution in [2.45, 2.75) is 6.54 Å². The lowest BCUT2D eigenvalue weighted by Crippen LogP contribution is -2.23. The first kappa shape index (κ1) is 14.5. The van der Waals surface area contributed by atoms with E-state index in [0.29, 0.717) is 22.1 Å². The van der Waals surface area contributed by atoms with Crippen LogP contribution in [0.1, 0.15) is 21.5 Å². The Hall–Kier alpha value is -1.90. The van der Waals surface area contributed by atoms with E-state index in [1.165, 1.54) is 6.20 Å². The van der Waals surface area contributed by atoms with E-state index in [-0.39, 0.29) is 11.1 Å². The topological polar surface area (TPSA) is 65.8 Å². The second-order valence-electron chi connectivity index (χ2n) is 3.98. The Balaban J connectivity index is 2.04. The number of halogens is 2. The van der Waals surface area contributed by atoms with E-state index in [1.54, 1.807) is 30.3 Å². The molecule has 0 saturated heterocycles. The maximum absolute atomic E-state index is 12.0. The van der Waals surface area contributed by atoms with E-state index in [2.05, 4.69) is 26.2 Å². The number of hydrogen-bond donors (Lipinski definition) is 1. The molecule has 0 atom stereocenters. The quantitative estimate of drug-likeness (QED) is 0.864. The summed E-state index contributed by atoms with van der Waals surface area (Å²) in [5.74, 6) is -0.298. The van der Waals surface area contributed by atoms with Crippen LogP contribution in [0.5, 0.6) is 0 Å². The van der Waals surface area contributed by atoms with Gasteiger partial charge in [-0.1, -0.05) is 23.7 Å². The summed E-state index contributed by atoms with van der Waals surface area (Å²) in [6.45, 7) is 0.355. The molecule has 6 heteroatoms. The Kier molecular flexibility index (Phi) is 4.72. The van der Waals surface area contributed by atoms with Gasteiger partial charge in [-0.05, 0) is 39.7 Å². The summed E-state index contributed by atoms with van der Waals surface area (Å²) in [5.41, 5.74) is 1.80. The van der Waals surface area contributed by atoms with E-state index in [1.807, 2.05) is 6.07 Å². The van der Waals surface area contributed by atoms with Crippen molar-refractivity contribution >= 4 is 33.4 Å². The Bertz CT molecular complexity index is 680. The molecule has 1 N–H and O–H groups in total. The highest BCUT2D eigenvalue weighted by atomic mass is 79.9. The molecule has 0 bridgehead atoms. The molecule has 100 valence electrons. The fourth-order valence-electron chi connectivity index (χ4n) is 1.56. The molecule has 0 aliphatic carbocycles.